The third kappa shape index (κ3) is 4.98. The van der Waals surface area contributed by atoms with Gasteiger partial charge in [0.1, 0.15) is 0 Å². The number of hydrogen-bond donors (Lipinski definition) is 2. The molecule has 1 atom stereocenters. The number of para-hydroxylation sites is 1. The molecule has 0 spiro atoms. The van der Waals surface area contributed by atoms with Crippen LogP contribution in [0, 0.1) is 5.92 Å². The molecule has 1 aromatic carbocycles. The maximum Gasteiger partial charge on any atom is 0.252 e. The predicted molar refractivity (Wildman–Crippen MR) is 117 cm³/mol. The Balaban J connectivity index is 0.00000140. The fraction of sp³-hybridized carbons (Fsp3) is 0.286. The molecule has 4 rings (SSSR count). The van der Waals surface area contributed by atoms with Crippen LogP contribution in [-0.4, -0.2) is 35.5 Å². The van der Waals surface area contributed by atoms with E-state index < -0.39 is 0 Å². The van der Waals surface area contributed by atoms with Crippen molar-refractivity contribution in [2.75, 3.05) is 19.6 Å². The second kappa shape index (κ2) is 10.4. The van der Waals surface area contributed by atoms with Gasteiger partial charge in [-0.15, -0.1) is 24.8 Å². The first-order valence-corrected chi connectivity index (χ1v) is 9.10. The number of hydrogen-bond acceptors (Lipinski definition) is 4. The quantitative estimate of drug-likeness (QED) is 0.674. The zero-order valence-corrected chi connectivity index (χ0v) is 17.1. The van der Waals surface area contributed by atoms with Gasteiger partial charge in [-0.2, -0.15) is 0 Å². The number of pyridine rings is 2. The van der Waals surface area contributed by atoms with Crippen LogP contribution >= 0.6 is 24.8 Å². The number of halogens is 2. The molecule has 5 nitrogen and oxygen atoms in total. The zero-order valence-electron chi connectivity index (χ0n) is 15.4. The number of aromatic nitrogens is 2. The van der Waals surface area contributed by atoms with E-state index in [0.29, 0.717) is 18.0 Å². The predicted octanol–water partition coefficient (Wildman–Crippen LogP) is 3.87. The molecule has 0 radical (unpaired) electrons. The second-order valence-corrected chi connectivity index (χ2v) is 6.74. The number of rotatable bonds is 4. The minimum atomic E-state index is -0.0423. The van der Waals surface area contributed by atoms with Crippen LogP contribution in [-0.2, 0) is 0 Å². The Morgan fingerprint density at radius 2 is 2.04 bits per heavy atom. The summed E-state index contributed by atoms with van der Waals surface area (Å²) < 4.78 is 0. The Bertz CT molecular complexity index is 915. The molecule has 3 heterocycles. The van der Waals surface area contributed by atoms with E-state index in [1.807, 2.05) is 42.5 Å². The average Bonchev–Trinajstić information content (AvgIpc) is 2.72. The fourth-order valence-electron chi connectivity index (χ4n) is 3.46. The normalized spacial score (nSPS) is 15.9. The van der Waals surface area contributed by atoms with E-state index in [9.17, 15) is 4.79 Å². The summed E-state index contributed by atoms with van der Waals surface area (Å²) in [6.07, 6.45) is 5.83. The van der Waals surface area contributed by atoms with E-state index >= 15 is 0 Å². The van der Waals surface area contributed by atoms with Crippen molar-refractivity contribution < 1.29 is 4.79 Å². The highest BCUT2D eigenvalue weighted by atomic mass is 35.5. The number of nitrogens with one attached hydrogen (secondary N) is 2. The molecule has 0 bridgehead atoms. The van der Waals surface area contributed by atoms with Crippen molar-refractivity contribution in [3.8, 4) is 11.3 Å². The highest BCUT2D eigenvalue weighted by molar-refractivity contribution is 6.07. The molecular formula is C21H24Cl2N4O. The number of amides is 1. The summed E-state index contributed by atoms with van der Waals surface area (Å²) in [5.74, 6) is 0.456. The Hall–Kier alpha value is -2.21. The number of carbonyl (C=O) groups is 1. The van der Waals surface area contributed by atoms with Gasteiger partial charge >= 0.3 is 0 Å². The van der Waals surface area contributed by atoms with Gasteiger partial charge in [-0.3, -0.25) is 9.78 Å². The summed E-state index contributed by atoms with van der Waals surface area (Å²) in [7, 11) is 0. The minimum absolute atomic E-state index is 0. The molecule has 0 aliphatic carbocycles. The molecular weight excluding hydrogens is 395 g/mol. The topological polar surface area (TPSA) is 66.9 Å². The van der Waals surface area contributed by atoms with Crippen molar-refractivity contribution >= 4 is 41.6 Å². The third-order valence-corrected chi connectivity index (χ3v) is 4.87. The summed E-state index contributed by atoms with van der Waals surface area (Å²) in [6.45, 7) is 2.75. The molecule has 28 heavy (non-hydrogen) atoms. The van der Waals surface area contributed by atoms with Crippen LogP contribution in [0.5, 0.6) is 0 Å². The van der Waals surface area contributed by atoms with Crippen molar-refractivity contribution in [1.82, 2.24) is 20.6 Å². The monoisotopic (exact) mass is 418 g/mol. The van der Waals surface area contributed by atoms with E-state index in [1.54, 1.807) is 12.4 Å². The van der Waals surface area contributed by atoms with Crippen molar-refractivity contribution in [2.45, 2.75) is 12.8 Å². The molecule has 1 unspecified atom stereocenters. The minimum Gasteiger partial charge on any atom is -0.352 e. The molecule has 1 fully saturated rings. The van der Waals surface area contributed by atoms with Crippen LogP contribution in [0.2, 0.25) is 0 Å². The summed E-state index contributed by atoms with van der Waals surface area (Å²) in [4.78, 5) is 21.8. The van der Waals surface area contributed by atoms with Gasteiger partial charge in [-0.1, -0.05) is 18.2 Å². The van der Waals surface area contributed by atoms with E-state index in [0.717, 1.165) is 41.7 Å². The number of fused-ring (bicyclic) bond motifs is 1. The smallest absolute Gasteiger partial charge is 0.252 e. The van der Waals surface area contributed by atoms with E-state index in [4.69, 9.17) is 4.98 Å². The first kappa shape index (κ1) is 22.1. The lowest BCUT2D eigenvalue weighted by molar-refractivity contribution is 0.0946. The maximum absolute atomic E-state index is 12.9. The molecule has 3 aromatic rings. The van der Waals surface area contributed by atoms with Crippen LogP contribution in [0.4, 0.5) is 0 Å². The summed E-state index contributed by atoms with van der Waals surface area (Å²) >= 11 is 0. The highest BCUT2D eigenvalue weighted by Gasteiger charge is 2.17. The average molecular weight is 419 g/mol. The number of carbonyl (C=O) groups excluding carboxylic acids is 1. The molecule has 1 saturated heterocycles. The summed E-state index contributed by atoms with van der Waals surface area (Å²) in [6, 6.07) is 13.5. The van der Waals surface area contributed by atoms with Gasteiger partial charge in [0.15, 0.2) is 0 Å². The van der Waals surface area contributed by atoms with E-state index in [2.05, 4.69) is 15.6 Å². The molecule has 0 saturated carbocycles. The van der Waals surface area contributed by atoms with Crippen LogP contribution in [0.3, 0.4) is 0 Å². The van der Waals surface area contributed by atoms with Crippen molar-refractivity contribution in [3.63, 3.8) is 0 Å². The SMILES string of the molecule is Cl.Cl.O=C(NCC1CCCNC1)c1cc(-c2cccnc2)nc2ccccc12. The van der Waals surface area contributed by atoms with Crippen molar-refractivity contribution in [2.24, 2.45) is 5.92 Å². The van der Waals surface area contributed by atoms with Crippen LogP contribution in [0.25, 0.3) is 22.2 Å². The van der Waals surface area contributed by atoms with Gasteiger partial charge in [0.05, 0.1) is 16.8 Å². The molecule has 148 valence electrons. The van der Waals surface area contributed by atoms with E-state index in [-0.39, 0.29) is 30.7 Å². The summed E-state index contributed by atoms with van der Waals surface area (Å²) in [5, 5.41) is 7.38. The first-order valence-electron chi connectivity index (χ1n) is 9.10. The zero-order chi connectivity index (χ0) is 17.8. The van der Waals surface area contributed by atoms with Gasteiger partial charge in [0.2, 0.25) is 0 Å². The Morgan fingerprint density at radius 3 is 2.79 bits per heavy atom. The molecule has 1 aliphatic rings. The third-order valence-electron chi connectivity index (χ3n) is 4.87. The lowest BCUT2D eigenvalue weighted by Crippen LogP contribution is -2.38. The highest BCUT2D eigenvalue weighted by Crippen LogP contribution is 2.24. The molecule has 2 aromatic heterocycles. The number of benzene rings is 1. The molecule has 2 N–H and O–H groups in total. The lowest BCUT2D eigenvalue weighted by Gasteiger charge is -2.23. The van der Waals surface area contributed by atoms with Crippen molar-refractivity contribution in [1.29, 1.82) is 0 Å². The largest absolute Gasteiger partial charge is 0.352 e. The molecule has 1 aliphatic heterocycles. The van der Waals surface area contributed by atoms with Gasteiger partial charge in [-0.05, 0) is 56.1 Å². The van der Waals surface area contributed by atoms with Gasteiger partial charge < -0.3 is 10.6 Å². The first-order chi connectivity index (χ1) is 12.8. The van der Waals surface area contributed by atoms with E-state index in [1.165, 1.54) is 6.42 Å². The van der Waals surface area contributed by atoms with Gasteiger partial charge in [0, 0.05) is 29.9 Å². The Morgan fingerprint density at radius 1 is 1.18 bits per heavy atom. The van der Waals surface area contributed by atoms with Crippen LogP contribution in [0.15, 0.2) is 54.9 Å². The Kier molecular flexibility index (Phi) is 8.18. The Labute approximate surface area is 177 Å². The fourth-order valence-corrected chi connectivity index (χ4v) is 3.46. The van der Waals surface area contributed by atoms with Crippen molar-refractivity contribution in [3.05, 3.63) is 60.4 Å². The molecule has 1 amide bonds. The second-order valence-electron chi connectivity index (χ2n) is 6.74. The van der Waals surface area contributed by atoms with Crippen LogP contribution < -0.4 is 10.6 Å². The number of nitrogens with zero attached hydrogens (tertiary/aromatic N) is 2. The maximum atomic E-state index is 12.9. The van der Waals surface area contributed by atoms with Crippen LogP contribution in [0.1, 0.15) is 23.2 Å². The number of piperidine rings is 1. The summed E-state index contributed by atoms with van der Waals surface area (Å²) in [5.41, 5.74) is 3.15. The molecule has 7 heteroatoms. The lowest BCUT2D eigenvalue weighted by atomic mass is 9.99. The van der Waals surface area contributed by atoms with Gasteiger partial charge in [0.25, 0.3) is 5.91 Å². The van der Waals surface area contributed by atoms with Gasteiger partial charge in [-0.25, -0.2) is 4.98 Å². The standard InChI is InChI=1S/C21H22N4O.2ClH/c26-21(24-13-15-5-3-9-22-12-15)18-11-20(16-6-4-10-23-14-16)25-19-8-2-1-7-17(18)19;;/h1-2,4,6-8,10-11,14-15,22H,3,5,9,12-13H2,(H,24,26);2*1H.